The number of hydrogen-bond acceptors (Lipinski definition) is 3. The van der Waals surface area contributed by atoms with E-state index < -0.39 is 35.1 Å². The predicted molar refractivity (Wildman–Crippen MR) is 90.6 cm³/mol. The van der Waals surface area contributed by atoms with Gasteiger partial charge in [0.1, 0.15) is 23.2 Å². The van der Waals surface area contributed by atoms with Crippen LogP contribution in [0.25, 0.3) is 0 Å². The Hall–Kier alpha value is -2.76. The first-order chi connectivity index (χ1) is 11.8. The number of halogens is 2. The number of carbonyl (C=O) groups excluding carboxylic acids is 2. The normalized spacial score (nSPS) is 11.8. The molecule has 2 aromatic carbocycles. The van der Waals surface area contributed by atoms with Crippen molar-refractivity contribution in [1.29, 1.82) is 0 Å². The maximum atomic E-state index is 14.1. The third-order valence-corrected chi connectivity index (χ3v) is 4.01. The van der Waals surface area contributed by atoms with Gasteiger partial charge in [0.15, 0.2) is 0 Å². The molecule has 0 aromatic heterocycles. The van der Waals surface area contributed by atoms with E-state index in [0.29, 0.717) is 16.8 Å². The summed E-state index contributed by atoms with van der Waals surface area (Å²) in [5.41, 5.74) is 1.11. The minimum Gasteiger partial charge on any atom is -0.467 e. The van der Waals surface area contributed by atoms with Gasteiger partial charge < -0.3 is 4.74 Å². The van der Waals surface area contributed by atoms with Crippen LogP contribution in [0.5, 0.6) is 0 Å². The molecule has 0 spiro atoms. The van der Waals surface area contributed by atoms with Crippen LogP contribution in [-0.2, 0) is 9.53 Å². The van der Waals surface area contributed by atoms with Crippen molar-refractivity contribution < 1.29 is 23.1 Å². The fourth-order valence-electron chi connectivity index (χ4n) is 2.76. The summed E-state index contributed by atoms with van der Waals surface area (Å²) >= 11 is 0. The topological polar surface area (TPSA) is 46.6 Å². The largest absolute Gasteiger partial charge is 0.467 e. The number of carbonyl (C=O) groups is 2. The quantitative estimate of drug-likeness (QED) is 0.791. The highest BCUT2D eigenvalue weighted by atomic mass is 19.1. The minimum absolute atomic E-state index is 0.424. The van der Waals surface area contributed by atoms with Gasteiger partial charge in [0, 0.05) is 0 Å². The van der Waals surface area contributed by atoms with Gasteiger partial charge in [-0.3, -0.25) is 9.69 Å². The van der Waals surface area contributed by atoms with Crippen molar-refractivity contribution in [3.05, 3.63) is 64.7 Å². The number of hydrogen-bond donors (Lipinski definition) is 0. The molecule has 0 N–H and O–H groups in total. The van der Waals surface area contributed by atoms with Gasteiger partial charge in [-0.2, -0.15) is 0 Å². The summed E-state index contributed by atoms with van der Waals surface area (Å²) in [4.78, 5) is 26.1. The van der Waals surface area contributed by atoms with E-state index in [1.807, 2.05) is 0 Å². The van der Waals surface area contributed by atoms with Crippen LogP contribution in [0.15, 0.2) is 36.4 Å². The van der Waals surface area contributed by atoms with Crippen molar-refractivity contribution in [1.82, 2.24) is 0 Å². The first-order valence-electron chi connectivity index (χ1n) is 7.71. The molecular formula is C19H19F2NO3. The van der Waals surface area contributed by atoms with Crippen LogP contribution in [0, 0.1) is 25.5 Å². The van der Waals surface area contributed by atoms with Gasteiger partial charge in [0.25, 0.3) is 5.91 Å². The van der Waals surface area contributed by atoms with Crippen LogP contribution >= 0.6 is 0 Å². The van der Waals surface area contributed by atoms with Crippen LogP contribution in [0.1, 0.15) is 28.4 Å². The molecule has 0 aliphatic heterocycles. The van der Waals surface area contributed by atoms with E-state index in [0.717, 1.165) is 17.0 Å². The monoisotopic (exact) mass is 347 g/mol. The maximum absolute atomic E-state index is 14.1. The van der Waals surface area contributed by atoms with E-state index >= 15 is 0 Å². The second-order valence-electron chi connectivity index (χ2n) is 5.71. The number of rotatable bonds is 4. The molecular weight excluding hydrogens is 328 g/mol. The van der Waals surface area contributed by atoms with Crippen molar-refractivity contribution in [3.63, 3.8) is 0 Å². The highest BCUT2D eigenvalue weighted by molar-refractivity contribution is 6.10. The second-order valence-corrected chi connectivity index (χ2v) is 5.71. The summed E-state index contributed by atoms with van der Waals surface area (Å²) in [5, 5.41) is 0. The van der Waals surface area contributed by atoms with Gasteiger partial charge in [-0.05, 0) is 44.0 Å². The van der Waals surface area contributed by atoms with Crippen molar-refractivity contribution in [3.8, 4) is 0 Å². The molecule has 1 amide bonds. The van der Waals surface area contributed by atoms with E-state index in [2.05, 4.69) is 0 Å². The van der Waals surface area contributed by atoms with Gasteiger partial charge in [-0.25, -0.2) is 13.6 Å². The van der Waals surface area contributed by atoms with Crippen molar-refractivity contribution in [2.75, 3.05) is 12.0 Å². The summed E-state index contributed by atoms with van der Waals surface area (Å²) in [6, 6.07) is 7.42. The first-order valence-corrected chi connectivity index (χ1v) is 7.71. The van der Waals surface area contributed by atoms with Gasteiger partial charge in [0.2, 0.25) is 0 Å². The lowest BCUT2D eigenvalue weighted by Gasteiger charge is -2.30. The van der Waals surface area contributed by atoms with E-state index in [9.17, 15) is 18.4 Å². The minimum atomic E-state index is -1.06. The molecule has 0 bridgehead atoms. The fourth-order valence-corrected chi connectivity index (χ4v) is 2.76. The van der Waals surface area contributed by atoms with E-state index in [-0.39, 0.29) is 0 Å². The lowest BCUT2D eigenvalue weighted by atomic mass is 10.0. The average molecular weight is 347 g/mol. The molecule has 0 heterocycles. The maximum Gasteiger partial charge on any atom is 0.328 e. The molecule has 0 saturated heterocycles. The van der Waals surface area contributed by atoms with E-state index in [1.165, 1.54) is 20.1 Å². The number of methoxy groups -OCH3 is 1. The van der Waals surface area contributed by atoms with Crippen molar-refractivity contribution in [2.24, 2.45) is 0 Å². The standard InChI is InChI=1S/C19H19F2NO3/c1-11-7-5-8-12(2)17(11)22(13(3)19(24)25-4)18(23)16-14(20)9-6-10-15(16)21/h5-10,13H,1-4H3/t13-/m1/s1. The zero-order valence-electron chi connectivity index (χ0n) is 14.5. The highest BCUT2D eigenvalue weighted by Gasteiger charge is 2.33. The number of amides is 1. The Kier molecular flexibility index (Phi) is 5.51. The molecule has 1 atom stereocenters. The summed E-state index contributed by atoms with van der Waals surface area (Å²) in [7, 11) is 1.19. The van der Waals surface area contributed by atoms with Crippen LogP contribution in [0.4, 0.5) is 14.5 Å². The predicted octanol–water partition coefficient (Wildman–Crippen LogP) is 3.79. The Morgan fingerprint density at radius 3 is 1.96 bits per heavy atom. The average Bonchev–Trinajstić information content (AvgIpc) is 2.56. The summed E-state index contributed by atoms with van der Waals surface area (Å²) in [6.07, 6.45) is 0. The highest BCUT2D eigenvalue weighted by Crippen LogP contribution is 2.29. The molecule has 0 fully saturated rings. The zero-order valence-corrected chi connectivity index (χ0v) is 14.5. The molecule has 6 heteroatoms. The summed E-state index contributed by atoms with van der Waals surface area (Å²) < 4.78 is 33.0. The van der Waals surface area contributed by atoms with Gasteiger partial charge >= 0.3 is 5.97 Å². The molecule has 2 rings (SSSR count). The lowest BCUT2D eigenvalue weighted by molar-refractivity contribution is -0.141. The van der Waals surface area contributed by atoms with Crippen LogP contribution in [0.3, 0.4) is 0 Å². The molecule has 0 radical (unpaired) electrons. The number of benzene rings is 2. The Labute approximate surface area is 145 Å². The number of nitrogens with zero attached hydrogens (tertiary/aromatic N) is 1. The van der Waals surface area contributed by atoms with E-state index in [1.54, 1.807) is 32.0 Å². The lowest BCUT2D eigenvalue weighted by Crippen LogP contribution is -2.45. The third kappa shape index (κ3) is 3.52. The molecule has 0 unspecified atom stereocenters. The SMILES string of the molecule is COC(=O)[C@@H](C)N(C(=O)c1c(F)cccc1F)c1c(C)cccc1C. The van der Waals surface area contributed by atoms with Gasteiger partial charge in [-0.1, -0.05) is 24.3 Å². The molecule has 2 aromatic rings. The second kappa shape index (κ2) is 7.42. The molecule has 0 saturated carbocycles. The number of para-hydroxylation sites is 1. The van der Waals surface area contributed by atoms with Crippen LogP contribution in [0.2, 0.25) is 0 Å². The Bertz CT molecular complexity index is 780. The smallest absolute Gasteiger partial charge is 0.328 e. The molecule has 4 nitrogen and oxygen atoms in total. The molecule has 132 valence electrons. The van der Waals surface area contributed by atoms with Crippen LogP contribution < -0.4 is 4.90 Å². The fraction of sp³-hybridized carbons (Fsp3) is 0.263. The van der Waals surface area contributed by atoms with Crippen molar-refractivity contribution in [2.45, 2.75) is 26.8 Å². The Morgan fingerprint density at radius 2 is 1.48 bits per heavy atom. The summed E-state index contributed by atoms with van der Waals surface area (Å²) in [5.74, 6) is -3.60. The van der Waals surface area contributed by atoms with Crippen LogP contribution in [-0.4, -0.2) is 25.0 Å². The summed E-state index contributed by atoms with van der Waals surface area (Å²) in [6.45, 7) is 4.96. The molecule has 0 aliphatic carbocycles. The zero-order chi connectivity index (χ0) is 18.7. The Morgan fingerprint density at radius 1 is 1.00 bits per heavy atom. The van der Waals surface area contributed by atoms with E-state index in [4.69, 9.17) is 4.74 Å². The third-order valence-electron chi connectivity index (χ3n) is 4.01. The Balaban J connectivity index is 2.68. The van der Waals surface area contributed by atoms with Crippen molar-refractivity contribution >= 4 is 17.6 Å². The molecule has 25 heavy (non-hydrogen) atoms. The number of ether oxygens (including phenoxy) is 1. The molecule has 0 aliphatic rings. The number of esters is 1. The number of aryl methyl sites for hydroxylation is 2. The van der Waals surface area contributed by atoms with Gasteiger partial charge in [0.05, 0.1) is 12.8 Å². The number of anilines is 1. The van der Waals surface area contributed by atoms with Gasteiger partial charge in [-0.15, -0.1) is 0 Å². The first kappa shape index (κ1) is 18.6.